The molecule has 2 atom stereocenters. The number of aryl methyl sites for hydroxylation is 2. The highest BCUT2D eigenvalue weighted by Gasteiger charge is 2.33. The maximum Gasteiger partial charge on any atom is 0.254 e. The van der Waals surface area contributed by atoms with Crippen LogP contribution in [0.5, 0.6) is 0 Å². The van der Waals surface area contributed by atoms with Crippen molar-refractivity contribution in [2.45, 2.75) is 32.7 Å². The van der Waals surface area contributed by atoms with Crippen LogP contribution in [-0.4, -0.2) is 44.7 Å². The first-order valence-electron chi connectivity index (χ1n) is 11.0. The molecule has 1 aliphatic heterocycles. The van der Waals surface area contributed by atoms with E-state index in [1.807, 2.05) is 43.1 Å². The molecule has 7 nitrogen and oxygen atoms in total. The second kappa shape index (κ2) is 9.23. The number of rotatable bonds is 5. The molecule has 1 aliphatic rings. The average molecular weight is 429 g/mol. The first kappa shape index (κ1) is 21.6. The molecule has 0 unspecified atom stereocenters. The molecule has 4 rings (SSSR count). The Balaban J connectivity index is 1.60. The Morgan fingerprint density at radius 1 is 1.28 bits per heavy atom. The molecular formula is C25H28N6O. The highest BCUT2D eigenvalue weighted by molar-refractivity contribution is 6.01. The zero-order chi connectivity index (χ0) is 22.7. The van der Waals surface area contributed by atoms with Gasteiger partial charge in [-0.05, 0) is 49.9 Å². The van der Waals surface area contributed by atoms with E-state index in [-0.39, 0.29) is 11.9 Å². The second-order valence-electron chi connectivity index (χ2n) is 8.50. The molecule has 0 radical (unpaired) electrons. The molecule has 3 aromatic rings. The molecule has 32 heavy (non-hydrogen) atoms. The van der Waals surface area contributed by atoms with Crippen LogP contribution in [0.1, 0.15) is 41.3 Å². The molecule has 0 saturated carbocycles. The van der Waals surface area contributed by atoms with Gasteiger partial charge < -0.3 is 10.2 Å². The van der Waals surface area contributed by atoms with Crippen molar-refractivity contribution in [3.63, 3.8) is 0 Å². The van der Waals surface area contributed by atoms with Crippen LogP contribution in [0.2, 0.25) is 0 Å². The fraction of sp³-hybridized carbons (Fsp3) is 0.360. The maximum atomic E-state index is 13.8. The molecule has 0 bridgehead atoms. The number of nitrogens with one attached hydrogen (secondary N) is 1. The highest BCUT2D eigenvalue weighted by Crippen LogP contribution is 2.30. The van der Waals surface area contributed by atoms with Crippen molar-refractivity contribution in [1.29, 1.82) is 5.26 Å². The van der Waals surface area contributed by atoms with Crippen molar-refractivity contribution in [1.82, 2.24) is 19.7 Å². The Morgan fingerprint density at radius 2 is 2.12 bits per heavy atom. The van der Waals surface area contributed by atoms with Gasteiger partial charge in [-0.3, -0.25) is 9.48 Å². The summed E-state index contributed by atoms with van der Waals surface area (Å²) in [6, 6.07) is 13.7. The van der Waals surface area contributed by atoms with Gasteiger partial charge in [-0.2, -0.15) is 10.4 Å². The van der Waals surface area contributed by atoms with Crippen molar-refractivity contribution >= 4 is 11.7 Å². The molecule has 1 aromatic carbocycles. The van der Waals surface area contributed by atoms with Gasteiger partial charge in [0.15, 0.2) is 0 Å². The maximum absolute atomic E-state index is 13.8. The number of amides is 1. The number of nitriles is 1. The van der Waals surface area contributed by atoms with E-state index in [0.29, 0.717) is 29.4 Å². The largest absolute Gasteiger partial charge is 0.368 e. The summed E-state index contributed by atoms with van der Waals surface area (Å²) >= 11 is 0. The number of hydrogen-bond acceptors (Lipinski definition) is 5. The monoisotopic (exact) mass is 428 g/mol. The highest BCUT2D eigenvalue weighted by atomic mass is 16.2. The number of aromatic nitrogens is 3. The Morgan fingerprint density at radius 3 is 2.81 bits per heavy atom. The predicted molar refractivity (Wildman–Crippen MR) is 124 cm³/mol. The molecule has 1 amide bonds. The third-order valence-electron chi connectivity index (χ3n) is 6.26. The number of benzene rings is 1. The summed E-state index contributed by atoms with van der Waals surface area (Å²) in [7, 11) is 1.89. The van der Waals surface area contributed by atoms with Crippen LogP contribution >= 0.6 is 0 Å². The van der Waals surface area contributed by atoms with Crippen molar-refractivity contribution in [3.8, 4) is 17.3 Å². The standard InChI is InChI=1S/C25H28N6O/c1-17-6-8-20(22-10-11-29-30(22)3)21(13-17)25(32)31-12-4-5-18(2)23(31)16-28-24-9-7-19(14-26)15-27-24/h6-11,13,15,18,23H,4-5,12,16H2,1-3H3,(H,27,28)/t18-,23-/m1/s1. The van der Waals surface area contributed by atoms with Crippen molar-refractivity contribution in [2.75, 3.05) is 18.4 Å². The fourth-order valence-corrected chi connectivity index (χ4v) is 4.44. The van der Waals surface area contributed by atoms with Crippen LogP contribution in [-0.2, 0) is 7.05 Å². The molecule has 1 fully saturated rings. The zero-order valence-corrected chi connectivity index (χ0v) is 18.7. The Hall–Kier alpha value is -3.66. The fourth-order valence-electron chi connectivity index (χ4n) is 4.44. The first-order chi connectivity index (χ1) is 15.5. The number of pyridine rings is 1. The summed E-state index contributed by atoms with van der Waals surface area (Å²) in [5, 5.41) is 16.6. The summed E-state index contributed by atoms with van der Waals surface area (Å²) in [6.45, 7) is 5.56. The SMILES string of the molecule is Cc1ccc(-c2ccnn2C)c(C(=O)N2CCC[C@@H](C)[C@H]2CNc2ccc(C#N)cn2)c1. The van der Waals surface area contributed by atoms with E-state index in [9.17, 15) is 4.79 Å². The topological polar surface area (TPSA) is 86.8 Å². The number of hydrogen-bond donors (Lipinski definition) is 1. The van der Waals surface area contributed by atoms with E-state index in [4.69, 9.17) is 5.26 Å². The van der Waals surface area contributed by atoms with E-state index in [1.165, 1.54) is 0 Å². The second-order valence-corrected chi connectivity index (χ2v) is 8.50. The van der Waals surface area contributed by atoms with Gasteiger partial charge in [0.2, 0.25) is 0 Å². The lowest BCUT2D eigenvalue weighted by molar-refractivity contribution is 0.0540. The predicted octanol–water partition coefficient (Wildman–Crippen LogP) is 4.02. The van der Waals surface area contributed by atoms with Gasteiger partial charge in [-0.1, -0.05) is 24.6 Å². The van der Waals surface area contributed by atoms with Crippen LogP contribution in [0.25, 0.3) is 11.3 Å². The van der Waals surface area contributed by atoms with Crippen molar-refractivity contribution in [3.05, 3.63) is 65.5 Å². The van der Waals surface area contributed by atoms with Gasteiger partial charge in [0, 0.05) is 43.7 Å². The number of likely N-dealkylation sites (tertiary alicyclic amines) is 1. The molecular weight excluding hydrogens is 400 g/mol. The molecule has 164 valence electrons. The van der Waals surface area contributed by atoms with Crippen LogP contribution in [0, 0.1) is 24.2 Å². The number of anilines is 1. The Bertz CT molecular complexity index is 1140. The minimum atomic E-state index is 0.0496. The van der Waals surface area contributed by atoms with E-state index in [2.05, 4.69) is 28.4 Å². The van der Waals surface area contributed by atoms with E-state index < -0.39 is 0 Å². The van der Waals surface area contributed by atoms with Crippen LogP contribution in [0.3, 0.4) is 0 Å². The third-order valence-corrected chi connectivity index (χ3v) is 6.26. The smallest absolute Gasteiger partial charge is 0.254 e. The Kier molecular flexibility index (Phi) is 6.22. The number of nitrogens with zero attached hydrogens (tertiary/aromatic N) is 5. The number of carbonyl (C=O) groups is 1. The lowest BCUT2D eigenvalue weighted by Crippen LogP contribution is -2.51. The Labute approximate surface area is 188 Å². The summed E-state index contributed by atoms with van der Waals surface area (Å²) in [6.07, 6.45) is 5.39. The van der Waals surface area contributed by atoms with Gasteiger partial charge in [-0.25, -0.2) is 4.98 Å². The van der Waals surface area contributed by atoms with Gasteiger partial charge >= 0.3 is 0 Å². The number of carbonyl (C=O) groups excluding carboxylic acids is 1. The first-order valence-corrected chi connectivity index (χ1v) is 11.0. The minimum absolute atomic E-state index is 0.0496. The zero-order valence-electron chi connectivity index (χ0n) is 18.7. The summed E-state index contributed by atoms with van der Waals surface area (Å²) in [5.74, 6) is 1.12. The number of piperidine rings is 1. The lowest BCUT2D eigenvalue weighted by atomic mass is 9.89. The minimum Gasteiger partial charge on any atom is -0.368 e. The summed E-state index contributed by atoms with van der Waals surface area (Å²) in [4.78, 5) is 20.2. The van der Waals surface area contributed by atoms with Crippen LogP contribution < -0.4 is 5.32 Å². The van der Waals surface area contributed by atoms with Gasteiger partial charge in [-0.15, -0.1) is 0 Å². The molecule has 2 aromatic heterocycles. The van der Waals surface area contributed by atoms with Crippen molar-refractivity contribution in [2.24, 2.45) is 13.0 Å². The normalized spacial score (nSPS) is 18.2. The molecule has 3 heterocycles. The average Bonchev–Trinajstić information content (AvgIpc) is 3.23. The van der Waals surface area contributed by atoms with Crippen LogP contribution in [0.4, 0.5) is 5.82 Å². The van der Waals surface area contributed by atoms with Gasteiger partial charge in [0.1, 0.15) is 11.9 Å². The lowest BCUT2D eigenvalue weighted by Gasteiger charge is -2.40. The molecule has 0 aliphatic carbocycles. The third kappa shape index (κ3) is 4.35. The summed E-state index contributed by atoms with van der Waals surface area (Å²) < 4.78 is 1.80. The van der Waals surface area contributed by atoms with E-state index >= 15 is 0 Å². The summed E-state index contributed by atoms with van der Waals surface area (Å²) in [5.41, 5.74) is 4.12. The van der Waals surface area contributed by atoms with Crippen molar-refractivity contribution < 1.29 is 4.79 Å². The molecule has 1 N–H and O–H groups in total. The van der Waals surface area contributed by atoms with E-state index in [0.717, 1.165) is 36.2 Å². The van der Waals surface area contributed by atoms with Gasteiger partial charge in [0.05, 0.1) is 17.3 Å². The quantitative estimate of drug-likeness (QED) is 0.663. The van der Waals surface area contributed by atoms with E-state index in [1.54, 1.807) is 29.2 Å². The van der Waals surface area contributed by atoms with Crippen LogP contribution in [0.15, 0.2) is 48.8 Å². The molecule has 1 saturated heterocycles. The molecule has 0 spiro atoms. The van der Waals surface area contributed by atoms with Gasteiger partial charge in [0.25, 0.3) is 5.91 Å². The molecule has 7 heteroatoms.